The summed E-state index contributed by atoms with van der Waals surface area (Å²) in [6.07, 6.45) is 7.76. The first-order valence-corrected chi connectivity index (χ1v) is 9.79. The van der Waals surface area contributed by atoms with Crippen LogP contribution in [0.2, 0.25) is 0 Å². The number of nitriles is 1. The van der Waals surface area contributed by atoms with Crippen LogP contribution in [0.25, 0.3) is 0 Å². The smallest absolute Gasteiger partial charge is 0.139 e. The van der Waals surface area contributed by atoms with Gasteiger partial charge in [0.05, 0.1) is 12.7 Å². The molecular formula is C22H27NO2. The third kappa shape index (κ3) is 2.76. The minimum Gasteiger partial charge on any atom is -0.494 e. The predicted molar refractivity (Wildman–Crippen MR) is 96.4 cm³/mol. The van der Waals surface area contributed by atoms with Gasteiger partial charge in [0.1, 0.15) is 11.5 Å². The van der Waals surface area contributed by atoms with Crippen LogP contribution in [0.15, 0.2) is 18.2 Å². The fourth-order valence-electron chi connectivity index (χ4n) is 5.76. The van der Waals surface area contributed by atoms with Gasteiger partial charge in [-0.2, -0.15) is 5.26 Å². The molecular weight excluding hydrogens is 310 g/mol. The molecule has 1 aromatic carbocycles. The molecule has 0 aliphatic heterocycles. The van der Waals surface area contributed by atoms with Gasteiger partial charge in [-0.15, -0.1) is 0 Å². The van der Waals surface area contributed by atoms with Crippen molar-refractivity contribution < 1.29 is 9.53 Å². The van der Waals surface area contributed by atoms with Gasteiger partial charge in [0.25, 0.3) is 0 Å². The van der Waals surface area contributed by atoms with Crippen molar-refractivity contribution in [1.29, 1.82) is 5.26 Å². The number of hydrogen-bond acceptors (Lipinski definition) is 3. The Hall–Kier alpha value is -1.82. The molecule has 0 saturated heterocycles. The van der Waals surface area contributed by atoms with Crippen molar-refractivity contribution in [2.45, 2.75) is 64.2 Å². The standard InChI is InChI=1S/C22H27NO2/c1-22-11-10-18-17-7-5-16(25-13-3-2-12-23)14-15(17)4-6-19(18)20(22)8-9-21(22)24/h5,7,14,18-20H,2-4,6,8-11,13H2,1H3/t18-,19+,20+,22+/m1/s1. The lowest BCUT2D eigenvalue weighted by Crippen LogP contribution is -2.42. The first-order chi connectivity index (χ1) is 12.1. The number of nitrogens with zero attached hydrogens (tertiary/aromatic N) is 1. The van der Waals surface area contributed by atoms with Crippen LogP contribution in [-0.4, -0.2) is 12.4 Å². The van der Waals surface area contributed by atoms with Gasteiger partial charge in [-0.05, 0) is 79.5 Å². The van der Waals surface area contributed by atoms with Gasteiger partial charge in [0.2, 0.25) is 0 Å². The first-order valence-electron chi connectivity index (χ1n) is 9.79. The molecule has 2 saturated carbocycles. The Bertz CT molecular complexity index is 719. The SMILES string of the molecule is C[C@]12CC[C@@H]3c4ccc(OCCCC#N)cc4CC[C@@H]3[C@@H]1CCC2=O. The maximum atomic E-state index is 12.4. The van der Waals surface area contributed by atoms with Crippen molar-refractivity contribution in [3.63, 3.8) is 0 Å². The Morgan fingerprint density at radius 2 is 2.16 bits per heavy atom. The summed E-state index contributed by atoms with van der Waals surface area (Å²) < 4.78 is 5.81. The van der Waals surface area contributed by atoms with Crippen LogP contribution >= 0.6 is 0 Å². The van der Waals surface area contributed by atoms with E-state index in [9.17, 15) is 4.79 Å². The van der Waals surface area contributed by atoms with Gasteiger partial charge in [0.15, 0.2) is 0 Å². The highest BCUT2D eigenvalue weighted by molar-refractivity contribution is 5.87. The topological polar surface area (TPSA) is 50.1 Å². The Kier molecular flexibility index (Phi) is 4.31. The second kappa shape index (κ2) is 6.48. The normalized spacial score (nSPS) is 33.1. The summed E-state index contributed by atoms with van der Waals surface area (Å²) >= 11 is 0. The van der Waals surface area contributed by atoms with Crippen LogP contribution in [0.3, 0.4) is 0 Å². The summed E-state index contributed by atoms with van der Waals surface area (Å²) in [6, 6.07) is 8.74. The molecule has 0 amide bonds. The molecule has 4 atom stereocenters. The van der Waals surface area contributed by atoms with Crippen molar-refractivity contribution in [2.75, 3.05) is 6.61 Å². The summed E-state index contributed by atoms with van der Waals surface area (Å²) in [5, 5.41) is 8.60. The Morgan fingerprint density at radius 3 is 3.00 bits per heavy atom. The Balaban J connectivity index is 1.51. The van der Waals surface area contributed by atoms with Crippen LogP contribution < -0.4 is 4.74 Å². The van der Waals surface area contributed by atoms with E-state index >= 15 is 0 Å². The summed E-state index contributed by atoms with van der Waals surface area (Å²) in [4.78, 5) is 12.4. The highest BCUT2D eigenvalue weighted by Crippen LogP contribution is 2.59. The van der Waals surface area contributed by atoms with E-state index in [1.165, 1.54) is 17.5 Å². The summed E-state index contributed by atoms with van der Waals surface area (Å²) in [6.45, 7) is 2.85. The third-order valence-electron chi connectivity index (χ3n) is 7.11. The molecule has 4 rings (SSSR count). The van der Waals surface area contributed by atoms with Crippen LogP contribution in [0.5, 0.6) is 5.75 Å². The second-order valence-corrected chi connectivity index (χ2v) is 8.30. The fourth-order valence-corrected chi connectivity index (χ4v) is 5.76. The summed E-state index contributed by atoms with van der Waals surface area (Å²) in [7, 11) is 0. The quantitative estimate of drug-likeness (QED) is 0.742. The second-order valence-electron chi connectivity index (χ2n) is 8.30. The molecule has 3 aliphatic rings. The van der Waals surface area contributed by atoms with Gasteiger partial charge in [-0.3, -0.25) is 4.79 Å². The van der Waals surface area contributed by atoms with Gasteiger partial charge in [-0.25, -0.2) is 0 Å². The highest BCUT2D eigenvalue weighted by atomic mass is 16.5. The lowest BCUT2D eigenvalue weighted by atomic mass is 9.55. The van der Waals surface area contributed by atoms with Gasteiger partial charge < -0.3 is 4.74 Å². The number of Topliss-reactive ketones (excluding diaryl/α,β-unsaturated/α-hetero) is 1. The van der Waals surface area contributed by atoms with Gasteiger partial charge >= 0.3 is 0 Å². The van der Waals surface area contributed by atoms with Gasteiger partial charge in [-0.1, -0.05) is 13.0 Å². The number of carbonyl (C=O) groups is 1. The maximum Gasteiger partial charge on any atom is 0.139 e. The third-order valence-corrected chi connectivity index (χ3v) is 7.11. The minimum absolute atomic E-state index is 0.0392. The number of ketones is 1. The number of ether oxygens (including phenoxy) is 1. The Labute approximate surface area is 150 Å². The number of rotatable bonds is 4. The molecule has 3 aliphatic carbocycles. The van der Waals surface area contributed by atoms with E-state index in [0.29, 0.717) is 36.6 Å². The molecule has 1 aromatic rings. The first kappa shape index (κ1) is 16.6. The summed E-state index contributed by atoms with van der Waals surface area (Å²) in [5.74, 6) is 3.35. The van der Waals surface area contributed by atoms with Crippen LogP contribution in [-0.2, 0) is 11.2 Å². The zero-order valence-corrected chi connectivity index (χ0v) is 15.1. The van der Waals surface area contributed by atoms with Crippen LogP contribution in [0.1, 0.15) is 68.9 Å². The van der Waals surface area contributed by atoms with E-state index in [1.807, 2.05) is 0 Å². The molecule has 0 aromatic heterocycles. The van der Waals surface area contributed by atoms with Crippen LogP contribution in [0, 0.1) is 28.6 Å². The molecule has 0 radical (unpaired) electrons. The number of fused-ring (bicyclic) bond motifs is 5. The Morgan fingerprint density at radius 1 is 1.28 bits per heavy atom. The maximum absolute atomic E-state index is 12.4. The zero-order valence-electron chi connectivity index (χ0n) is 15.1. The van der Waals surface area contributed by atoms with Crippen molar-refractivity contribution in [1.82, 2.24) is 0 Å². The van der Waals surface area contributed by atoms with E-state index in [1.54, 1.807) is 0 Å². The molecule has 2 fully saturated rings. The fraction of sp³-hybridized carbons (Fsp3) is 0.636. The van der Waals surface area contributed by atoms with E-state index in [2.05, 4.69) is 31.2 Å². The average molecular weight is 337 g/mol. The minimum atomic E-state index is -0.0392. The molecule has 3 heteroatoms. The molecule has 3 nitrogen and oxygen atoms in total. The number of aryl methyl sites for hydroxylation is 1. The largest absolute Gasteiger partial charge is 0.494 e. The molecule has 132 valence electrons. The van der Waals surface area contributed by atoms with Crippen molar-refractivity contribution in [2.24, 2.45) is 17.3 Å². The van der Waals surface area contributed by atoms with Crippen molar-refractivity contribution in [3.8, 4) is 11.8 Å². The van der Waals surface area contributed by atoms with Crippen LogP contribution in [0.4, 0.5) is 0 Å². The monoisotopic (exact) mass is 337 g/mol. The lowest BCUT2D eigenvalue weighted by molar-refractivity contribution is -0.129. The zero-order chi connectivity index (χ0) is 17.4. The van der Waals surface area contributed by atoms with E-state index in [0.717, 1.165) is 44.3 Å². The van der Waals surface area contributed by atoms with Crippen molar-refractivity contribution in [3.05, 3.63) is 29.3 Å². The van der Waals surface area contributed by atoms with E-state index in [4.69, 9.17) is 10.00 Å². The summed E-state index contributed by atoms with van der Waals surface area (Å²) in [5.41, 5.74) is 2.90. The molecule has 0 spiro atoms. The number of carbonyl (C=O) groups excluding carboxylic acids is 1. The molecule has 0 heterocycles. The molecule has 0 bridgehead atoms. The van der Waals surface area contributed by atoms with Crippen molar-refractivity contribution >= 4 is 5.78 Å². The lowest BCUT2D eigenvalue weighted by Gasteiger charge is -2.48. The van der Waals surface area contributed by atoms with E-state index < -0.39 is 0 Å². The molecule has 0 unspecified atom stereocenters. The average Bonchev–Trinajstić information content (AvgIpc) is 2.93. The van der Waals surface area contributed by atoms with Gasteiger partial charge in [0, 0.05) is 18.3 Å². The number of hydrogen-bond donors (Lipinski definition) is 0. The highest BCUT2D eigenvalue weighted by Gasteiger charge is 2.54. The molecule has 0 N–H and O–H groups in total. The van der Waals surface area contributed by atoms with E-state index in [-0.39, 0.29) is 5.41 Å². The predicted octanol–water partition coefficient (Wildman–Crippen LogP) is 4.79. The number of benzene rings is 1. The number of unbranched alkanes of at least 4 members (excludes halogenated alkanes) is 1. The molecule has 25 heavy (non-hydrogen) atoms.